The van der Waals surface area contributed by atoms with Gasteiger partial charge < -0.3 is 10.1 Å². The Labute approximate surface area is 115 Å². The van der Waals surface area contributed by atoms with E-state index in [9.17, 15) is 8.42 Å². The zero-order chi connectivity index (χ0) is 14.3. The van der Waals surface area contributed by atoms with Crippen LogP contribution in [0.1, 0.15) is 20.8 Å². The van der Waals surface area contributed by atoms with Crippen molar-refractivity contribution in [1.29, 1.82) is 0 Å². The van der Waals surface area contributed by atoms with Crippen LogP contribution in [0.3, 0.4) is 0 Å². The van der Waals surface area contributed by atoms with Crippen LogP contribution in [0.15, 0.2) is 29.2 Å². The van der Waals surface area contributed by atoms with E-state index < -0.39 is 10.0 Å². The number of nitrogens with one attached hydrogen (secondary N) is 2. The Balaban J connectivity index is 2.66. The standard InChI is InChI=1S/C13H22N2O3S/c1-4-14-12-6-8-13(9-7-12)19(16,17)15-10-11(3)18-5-2/h6-9,11,14-15H,4-5,10H2,1-3H3. The normalized spacial score (nSPS) is 13.2. The van der Waals surface area contributed by atoms with E-state index in [1.54, 1.807) is 24.3 Å². The van der Waals surface area contributed by atoms with Crippen LogP contribution in [0.5, 0.6) is 0 Å². The first kappa shape index (κ1) is 15.9. The van der Waals surface area contributed by atoms with E-state index in [0.717, 1.165) is 12.2 Å². The van der Waals surface area contributed by atoms with Crippen molar-refractivity contribution in [2.45, 2.75) is 31.8 Å². The molecule has 0 saturated heterocycles. The molecule has 1 aromatic carbocycles. The number of hydrogen-bond donors (Lipinski definition) is 2. The minimum absolute atomic E-state index is 0.138. The molecule has 1 atom stereocenters. The number of rotatable bonds is 8. The van der Waals surface area contributed by atoms with Crippen molar-refractivity contribution in [2.75, 3.05) is 25.0 Å². The summed E-state index contributed by atoms with van der Waals surface area (Å²) >= 11 is 0. The molecule has 0 spiro atoms. The molecule has 0 heterocycles. The van der Waals surface area contributed by atoms with E-state index in [-0.39, 0.29) is 17.5 Å². The van der Waals surface area contributed by atoms with E-state index in [4.69, 9.17) is 4.74 Å². The summed E-state index contributed by atoms with van der Waals surface area (Å²) in [4.78, 5) is 0.262. The van der Waals surface area contributed by atoms with E-state index in [1.165, 1.54) is 0 Å². The molecule has 1 unspecified atom stereocenters. The molecule has 0 aromatic heterocycles. The van der Waals surface area contributed by atoms with Gasteiger partial charge in [0.05, 0.1) is 11.0 Å². The van der Waals surface area contributed by atoms with Crippen LogP contribution < -0.4 is 10.0 Å². The Kier molecular flexibility index (Phi) is 6.27. The van der Waals surface area contributed by atoms with E-state index in [1.807, 2.05) is 20.8 Å². The second kappa shape index (κ2) is 7.47. The third-order valence-corrected chi connectivity index (χ3v) is 4.00. The molecule has 2 N–H and O–H groups in total. The van der Waals surface area contributed by atoms with E-state index >= 15 is 0 Å². The molecule has 0 aliphatic rings. The molecule has 0 fully saturated rings. The van der Waals surface area contributed by atoms with Crippen LogP contribution in [-0.2, 0) is 14.8 Å². The lowest BCUT2D eigenvalue weighted by Crippen LogP contribution is -2.32. The molecule has 0 amide bonds. The largest absolute Gasteiger partial charge is 0.385 e. The lowest BCUT2D eigenvalue weighted by Gasteiger charge is -2.13. The SMILES string of the molecule is CCNc1ccc(S(=O)(=O)NCC(C)OCC)cc1. The Bertz CT molecular complexity index is 471. The van der Waals surface area contributed by atoms with Crippen molar-refractivity contribution in [3.63, 3.8) is 0 Å². The van der Waals surface area contributed by atoms with Crippen LogP contribution in [-0.4, -0.2) is 34.2 Å². The first-order chi connectivity index (χ1) is 8.99. The number of hydrogen-bond acceptors (Lipinski definition) is 4. The molecule has 0 aliphatic heterocycles. The average molecular weight is 286 g/mol. The smallest absolute Gasteiger partial charge is 0.240 e. The molecule has 5 nitrogen and oxygen atoms in total. The highest BCUT2D eigenvalue weighted by Gasteiger charge is 2.14. The fourth-order valence-corrected chi connectivity index (χ4v) is 2.73. The molecule has 0 radical (unpaired) electrons. The van der Waals surface area contributed by atoms with E-state index in [2.05, 4.69) is 10.0 Å². The molecule has 19 heavy (non-hydrogen) atoms. The fourth-order valence-electron chi connectivity index (χ4n) is 1.61. The second-order valence-corrected chi connectivity index (χ2v) is 5.94. The maximum absolute atomic E-state index is 12.0. The van der Waals surface area contributed by atoms with Gasteiger partial charge in [0.2, 0.25) is 10.0 Å². The van der Waals surface area contributed by atoms with Crippen molar-refractivity contribution < 1.29 is 13.2 Å². The summed E-state index contributed by atoms with van der Waals surface area (Å²) in [5.74, 6) is 0. The van der Waals surface area contributed by atoms with Gasteiger partial charge in [-0.1, -0.05) is 0 Å². The van der Waals surface area contributed by atoms with Crippen molar-refractivity contribution in [3.05, 3.63) is 24.3 Å². The summed E-state index contributed by atoms with van der Waals surface area (Å²) in [6.45, 7) is 7.34. The quantitative estimate of drug-likeness (QED) is 0.765. The van der Waals surface area contributed by atoms with Crippen molar-refractivity contribution in [1.82, 2.24) is 4.72 Å². The molecule has 0 saturated carbocycles. The van der Waals surface area contributed by atoms with Gasteiger partial charge in [0.25, 0.3) is 0 Å². The molecular weight excluding hydrogens is 264 g/mol. The minimum Gasteiger partial charge on any atom is -0.385 e. The molecule has 108 valence electrons. The molecule has 0 aliphatic carbocycles. The second-order valence-electron chi connectivity index (χ2n) is 4.17. The molecule has 0 bridgehead atoms. The zero-order valence-electron chi connectivity index (χ0n) is 11.6. The first-order valence-electron chi connectivity index (χ1n) is 6.44. The molecule has 1 aromatic rings. The highest BCUT2D eigenvalue weighted by Crippen LogP contribution is 2.13. The van der Waals surface area contributed by atoms with Crippen LogP contribution in [0.25, 0.3) is 0 Å². The predicted molar refractivity (Wildman–Crippen MR) is 76.9 cm³/mol. The Morgan fingerprint density at radius 1 is 1.21 bits per heavy atom. The first-order valence-corrected chi connectivity index (χ1v) is 7.93. The molecular formula is C13H22N2O3S. The zero-order valence-corrected chi connectivity index (χ0v) is 12.5. The van der Waals surface area contributed by atoms with Gasteiger partial charge in [-0.25, -0.2) is 13.1 Å². The molecule has 6 heteroatoms. The Morgan fingerprint density at radius 2 is 1.84 bits per heavy atom. The van der Waals surface area contributed by atoms with Crippen LogP contribution in [0.4, 0.5) is 5.69 Å². The lowest BCUT2D eigenvalue weighted by atomic mass is 10.3. The van der Waals surface area contributed by atoms with Gasteiger partial charge >= 0.3 is 0 Å². The number of benzene rings is 1. The van der Waals surface area contributed by atoms with Crippen LogP contribution in [0, 0.1) is 0 Å². The summed E-state index contributed by atoms with van der Waals surface area (Å²) in [7, 11) is -3.46. The highest BCUT2D eigenvalue weighted by atomic mass is 32.2. The van der Waals surface area contributed by atoms with Gasteiger partial charge in [0.15, 0.2) is 0 Å². The van der Waals surface area contributed by atoms with Gasteiger partial charge in [-0.05, 0) is 45.0 Å². The minimum atomic E-state index is -3.46. The van der Waals surface area contributed by atoms with Crippen molar-refractivity contribution in [2.24, 2.45) is 0 Å². The van der Waals surface area contributed by atoms with Crippen molar-refractivity contribution >= 4 is 15.7 Å². The fraction of sp³-hybridized carbons (Fsp3) is 0.538. The topological polar surface area (TPSA) is 67.4 Å². The van der Waals surface area contributed by atoms with E-state index in [0.29, 0.717) is 6.61 Å². The van der Waals surface area contributed by atoms with Crippen LogP contribution in [0.2, 0.25) is 0 Å². The highest BCUT2D eigenvalue weighted by molar-refractivity contribution is 7.89. The number of anilines is 1. The third kappa shape index (κ3) is 5.18. The van der Waals surface area contributed by atoms with Gasteiger partial charge in [0.1, 0.15) is 0 Å². The summed E-state index contributed by atoms with van der Waals surface area (Å²) in [5.41, 5.74) is 0.907. The van der Waals surface area contributed by atoms with Crippen molar-refractivity contribution in [3.8, 4) is 0 Å². The number of sulfonamides is 1. The maximum Gasteiger partial charge on any atom is 0.240 e. The summed E-state index contributed by atoms with van der Waals surface area (Å²) < 4.78 is 31.9. The third-order valence-electron chi connectivity index (χ3n) is 2.56. The summed E-state index contributed by atoms with van der Waals surface area (Å²) in [6, 6.07) is 6.69. The maximum atomic E-state index is 12.0. The van der Waals surface area contributed by atoms with Crippen LogP contribution >= 0.6 is 0 Å². The van der Waals surface area contributed by atoms with Gasteiger partial charge in [-0.2, -0.15) is 0 Å². The predicted octanol–water partition coefficient (Wildman–Crippen LogP) is 1.82. The average Bonchev–Trinajstić information content (AvgIpc) is 2.38. The summed E-state index contributed by atoms with van der Waals surface area (Å²) in [5, 5.41) is 3.12. The Morgan fingerprint density at radius 3 is 2.37 bits per heavy atom. The van der Waals surface area contributed by atoms with Gasteiger partial charge in [-0.15, -0.1) is 0 Å². The van der Waals surface area contributed by atoms with Gasteiger partial charge in [-0.3, -0.25) is 0 Å². The Hall–Kier alpha value is -1.11. The number of ether oxygens (including phenoxy) is 1. The van der Waals surface area contributed by atoms with Gasteiger partial charge in [0, 0.05) is 25.4 Å². The molecule has 1 rings (SSSR count). The lowest BCUT2D eigenvalue weighted by molar-refractivity contribution is 0.0799. The monoisotopic (exact) mass is 286 g/mol. The summed E-state index contributed by atoms with van der Waals surface area (Å²) in [6.07, 6.45) is -0.138.